The van der Waals surface area contributed by atoms with Gasteiger partial charge in [-0.3, -0.25) is 5.11 Å². The van der Waals surface area contributed by atoms with Crippen LogP contribution in [0.4, 0.5) is 0 Å². The van der Waals surface area contributed by atoms with Gasteiger partial charge in [-0.25, -0.2) is 4.79 Å². The Morgan fingerprint density at radius 3 is 2.61 bits per heavy atom. The van der Waals surface area contributed by atoms with Gasteiger partial charge < -0.3 is 9.84 Å². The quantitative estimate of drug-likeness (QED) is 0.897. The number of benzene rings is 2. The Labute approximate surface area is 104 Å². The summed E-state index contributed by atoms with van der Waals surface area (Å²) < 4.78 is 5.41. The van der Waals surface area contributed by atoms with Crippen molar-refractivity contribution in [2.24, 2.45) is 0 Å². The van der Waals surface area contributed by atoms with E-state index in [4.69, 9.17) is 9.84 Å². The summed E-state index contributed by atoms with van der Waals surface area (Å²) in [5.74, 6) is -0.617. The van der Waals surface area contributed by atoms with E-state index in [0.717, 1.165) is 5.56 Å². The van der Waals surface area contributed by atoms with Gasteiger partial charge in [0.2, 0.25) is 0 Å². The van der Waals surface area contributed by atoms with Crippen molar-refractivity contribution in [1.29, 1.82) is 0 Å². The summed E-state index contributed by atoms with van der Waals surface area (Å²) in [6, 6.07) is 12.6. The topological polar surface area (TPSA) is 66.4 Å². The highest BCUT2D eigenvalue weighted by molar-refractivity contribution is 5.87. The number of rotatable bonds is 4. The van der Waals surface area contributed by atoms with Crippen LogP contribution in [0.2, 0.25) is 0 Å². The van der Waals surface area contributed by atoms with Crippen LogP contribution in [0, 0.1) is 0 Å². The molecule has 0 aromatic heterocycles. The number of ether oxygens (including phenoxy) is 1. The van der Waals surface area contributed by atoms with Gasteiger partial charge in [0.25, 0.3) is 0 Å². The first kappa shape index (κ1) is 12.0. The van der Waals surface area contributed by atoms with Crippen LogP contribution in [0.15, 0.2) is 48.5 Å². The average Bonchev–Trinajstić information content (AvgIpc) is 2.37. The molecule has 0 amide bonds. The fourth-order valence-electron chi connectivity index (χ4n) is 1.52. The van der Waals surface area contributed by atoms with Crippen molar-refractivity contribution in [2.75, 3.05) is 0 Å². The van der Waals surface area contributed by atoms with E-state index < -0.39 is 5.97 Å². The summed E-state index contributed by atoms with van der Waals surface area (Å²) in [5, 5.41) is 19.9. The summed E-state index contributed by atoms with van der Waals surface area (Å²) in [4.78, 5) is 10.8. The Morgan fingerprint density at radius 1 is 1.11 bits per heavy atom. The highest BCUT2D eigenvalue weighted by atomic mass is 16.5. The number of aromatic carboxylic acids is 1. The molecule has 2 rings (SSSR count). The van der Waals surface area contributed by atoms with E-state index in [1.54, 1.807) is 30.3 Å². The molecule has 0 saturated heterocycles. The highest BCUT2D eigenvalue weighted by Crippen LogP contribution is 2.19. The largest absolute Gasteiger partial charge is 0.489 e. The monoisotopic (exact) mass is 243 g/mol. The SMILES string of the molecule is [O]c1cccc(OCc2cccc(C(=O)O)c2)c1. The van der Waals surface area contributed by atoms with Gasteiger partial charge in [-0.2, -0.15) is 0 Å². The minimum absolute atomic E-state index is 0.119. The Kier molecular flexibility index (Phi) is 3.48. The smallest absolute Gasteiger partial charge is 0.335 e. The predicted octanol–water partition coefficient (Wildman–Crippen LogP) is 3.11. The average molecular weight is 243 g/mol. The number of carboxylic acid groups (broad SMARTS) is 1. The third kappa shape index (κ3) is 3.01. The number of hydrogen-bond donors (Lipinski definition) is 1. The zero-order chi connectivity index (χ0) is 13.0. The van der Waals surface area contributed by atoms with Gasteiger partial charge in [-0.15, -0.1) is 0 Å². The Bertz CT molecular complexity index is 563. The van der Waals surface area contributed by atoms with Crippen molar-refractivity contribution in [1.82, 2.24) is 0 Å². The fraction of sp³-hybridized carbons (Fsp3) is 0.0714. The van der Waals surface area contributed by atoms with Gasteiger partial charge in [0.1, 0.15) is 12.4 Å². The molecule has 0 aliphatic rings. The van der Waals surface area contributed by atoms with E-state index in [1.165, 1.54) is 18.2 Å². The third-order valence-corrected chi connectivity index (χ3v) is 2.38. The maximum Gasteiger partial charge on any atom is 0.335 e. The second kappa shape index (κ2) is 5.23. The molecule has 0 aliphatic carbocycles. The second-order valence-corrected chi connectivity index (χ2v) is 3.77. The molecular formula is C14H11O4. The molecule has 0 bridgehead atoms. The molecule has 1 N–H and O–H groups in total. The van der Waals surface area contributed by atoms with Crippen LogP contribution in [-0.4, -0.2) is 11.1 Å². The van der Waals surface area contributed by atoms with Crippen LogP contribution >= 0.6 is 0 Å². The van der Waals surface area contributed by atoms with Gasteiger partial charge in [-0.05, 0) is 29.8 Å². The number of carbonyl (C=O) groups is 1. The van der Waals surface area contributed by atoms with Crippen LogP contribution in [0.25, 0.3) is 0 Å². The highest BCUT2D eigenvalue weighted by Gasteiger charge is 2.04. The van der Waals surface area contributed by atoms with Gasteiger partial charge in [0.15, 0.2) is 5.75 Å². The maximum absolute atomic E-state index is 11.1. The first-order chi connectivity index (χ1) is 8.65. The van der Waals surface area contributed by atoms with Crippen LogP contribution in [0.3, 0.4) is 0 Å². The summed E-state index contributed by atoms with van der Waals surface area (Å²) in [6.45, 7) is 0.227. The van der Waals surface area contributed by atoms with E-state index in [0.29, 0.717) is 5.75 Å². The second-order valence-electron chi connectivity index (χ2n) is 3.77. The standard InChI is InChI=1S/C14H11O4/c15-12-5-2-6-13(8-12)18-9-10-3-1-4-11(7-10)14(16)17/h1-8H,9H2,(H,16,17). The minimum Gasteiger partial charge on any atom is -0.489 e. The molecule has 4 nitrogen and oxygen atoms in total. The Morgan fingerprint density at radius 2 is 1.89 bits per heavy atom. The van der Waals surface area contributed by atoms with E-state index in [2.05, 4.69) is 0 Å². The zero-order valence-electron chi connectivity index (χ0n) is 9.50. The molecule has 18 heavy (non-hydrogen) atoms. The summed E-state index contributed by atoms with van der Waals surface area (Å²) in [7, 11) is 0. The molecule has 0 unspecified atom stereocenters. The van der Waals surface area contributed by atoms with Gasteiger partial charge in [0, 0.05) is 6.07 Å². The zero-order valence-corrected chi connectivity index (χ0v) is 9.50. The minimum atomic E-state index is -0.974. The molecule has 0 fully saturated rings. The Balaban J connectivity index is 2.06. The normalized spacial score (nSPS) is 10.0. The fourth-order valence-corrected chi connectivity index (χ4v) is 1.52. The van der Waals surface area contributed by atoms with Gasteiger partial charge >= 0.3 is 5.97 Å². The van der Waals surface area contributed by atoms with Crippen LogP contribution in [0.1, 0.15) is 15.9 Å². The molecule has 91 valence electrons. The first-order valence-electron chi connectivity index (χ1n) is 5.37. The van der Waals surface area contributed by atoms with Crippen LogP contribution in [0.5, 0.6) is 11.5 Å². The summed E-state index contributed by atoms with van der Waals surface area (Å²) in [6.07, 6.45) is 0. The molecule has 0 spiro atoms. The molecule has 1 radical (unpaired) electrons. The molecule has 0 heterocycles. The van der Waals surface area contributed by atoms with Gasteiger partial charge in [-0.1, -0.05) is 18.2 Å². The summed E-state index contributed by atoms with van der Waals surface area (Å²) >= 11 is 0. The van der Waals surface area contributed by atoms with E-state index in [-0.39, 0.29) is 17.9 Å². The maximum atomic E-state index is 11.1. The number of carboxylic acids is 1. The predicted molar refractivity (Wildman–Crippen MR) is 64.3 cm³/mol. The molecule has 2 aromatic carbocycles. The van der Waals surface area contributed by atoms with E-state index in [1.807, 2.05) is 0 Å². The third-order valence-electron chi connectivity index (χ3n) is 2.38. The lowest BCUT2D eigenvalue weighted by atomic mass is 10.1. The molecular weight excluding hydrogens is 232 g/mol. The van der Waals surface area contributed by atoms with Crippen molar-refractivity contribution in [3.8, 4) is 11.5 Å². The van der Waals surface area contributed by atoms with E-state index >= 15 is 0 Å². The lowest BCUT2D eigenvalue weighted by Gasteiger charge is -2.06. The van der Waals surface area contributed by atoms with Crippen LogP contribution < -0.4 is 4.74 Å². The van der Waals surface area contributed by atoms with Gasteiger partial charge in [0.05, 0.1) is 5.56 Å². The molecule has 0 aliphatic heterocycles. The van der Waals surface area contributed by atoms with Crippen LogP contribution in [-0.2, 0) is 11.7 Å². The van der Waals surface area contributed by atoms with Crippen molar-refractivity contribution < 1.29 is 19.7 Å². The van der Waals surface area contributed by atoms with Crippen molar-refractivity contribution in [3.63, 3.8) is 0 Å². The van der Waals surface area contributed by atoms with Crippen molar-refractivity contribution in [3.05, 3.63) is 59.7 Å². The van der Waals surface area contributed by atoms with E-state index in [9.17, 15) is 9.90 Å². The lowest BCUT2D eigenvalue weighted by Crippen LogP contribution is -2.00. The Hall–Kier alpha value is -2.49. The molecule has 2 aromatic rings. The van der Waals surface area contributed by atoms with Crippen molar-refractivity contribution in [2.45, 2.75) is 6.61 Å². The first-order valence-corrected chi connectivity index (χ1v) is 5.37. The molecule has 0 atom stereocenters. The number of hydrogen-bond acceptors (Lipinski definition) is 2. The molecule has 4 heteroatoms. The lowest BCUT2D eigenvalue weighted by molar-refractivity contribution is 0.0696. The molecule has 0 saturated carbocycles. The summed E-state index contributed by atoms with van der Waals surface area (Å²) in [5.41, 5.74) is 0.958. The van der Waals surface area contributed by atoms with Crippen molar-refractivity contribution >= 4 is 5.97 Å².